The van der Waals surface area contributed by atoms with Gasteiger partial charge in [0, 0.05) is 0 Å². The van der Waals surface area contributed by atoms with Crippen molar-refractivity contribution in [3.63, 3.8) is 0 Å². The molecule has 0 aromatic rings. The number of quaternary nitrogens is 1. The zero-order valence-electron chi connectivity index (χ0n) is 7.37. The van der Waals surface area contributed by atoms with Crippen LogP contribution in [0.25, 0.3) is 0 Å². The van der Waals surface area contributed by atoms with Crippen LogP contribution in [0.4, 0.5) is 0 Å². The molecule has 0 aliphatic carbocycles. The van der Waals surface area contributed by atoms with Gasteiger partial charge in [0.1, 0.15) is 19.1 Å². The van der Waals surface area contributed by atoms with Gasteiger partial charge in [-0.1, -0.05) is 13.2 Å². The van der Waals surface area contributed by atoms with Gasteiger partial charge in [0.05, 0.1) is 13.2 Å². The van der Waals surface area contributed by atoms with Gasteiger partial charge < -0.3 is 15.1 Å². The van der Waals surface area contributed by atoms with Gasteiger partial charge in [0.2, 0.25) is 0 Å². The van der Waals surface area contributed by atoms with E-state index in [0.29, 0.717) is 13.1 Å². The smallest absolute Gasteiger partial charge is 0.124 e. The number of aliphatic hydroxyl groups is 2. The molecule has 70 valence electrons. The van der Waals surface area contributed by atoms with Crippen molar-refractivity contribution >= 4 is 0 Å². The first-order chi connectivity index (χ1) is 5.79. The zero-order valence-corrected chi connectivity index (χ0v) is 7.37. The standard InChI is InChI=1S/C9H17NO2/c1-3-9(4-2)10(5-7-11)6-8-12/h3-4,9,11-12H,1-2,5-8H2/p+1. The number of hydrogen-bond acceptors (Lipinski definition) is 2. The number of aliphatic hydroxyl groups excluding tert-OH is 2. The lowest BCUT2D eigenvalue weighted by atomic mass is 10.2. The molecule has 0 aromatic carbocycles. The Hall–Kier alpha value is -0.640. The van der Waals surface area contributed by atoms with E-state index >= 15 is 0 Å². The summed E-state index contributed by atoms with van der Waals surface area (Å²) < 4.78 is 0. The van der Waals surface area contributed by atoms with Crippen molar-refractivity contribution in [3.8, 4) is 0 Å². The molecule has 0 aromatic heterocycles. The molecular formula is C9H18NO2+. The lowest BCUT2D eigenvalue weighted by Gasteiger charge is -2.22. The highest BCUT2D eigenvalue weighted by molar-refractivity contribution is 4.92. The second-order valence-electron chi connectivity index (χ2n) is 2.60. The predicted octanol–water partition coefficient (Wildman–Crippen LogP) is -1.40. The summed E-state index contributed by atoms with van der Waals surface area (Å²) in [5.74, 6) is 0. The molecule has 0 heterocycles. The van der Waals surface area contributed by atoms with E-state index in [4.69, 9.17) is 10.2 Å². The van der Waals surface area contributed by atoms with E-state index in [2.05, 4.69) is 13.2 Å². The fourth-order valence-corrected chi connectivity index (χ4v) is 1.18. The molecule has 0 saturated carbocycles. The SMILES string of the molecule is C=CC(C=C)[NH+](CCO)CCO. The molecule has 0 radical (unpaired) electrons. The van der Waals surface area contributed by atoms with E-state index in [1.54, 1.807) is 12.2 Å². The summed E-state index contributed by atoms with van der Waals surface area (Å²) in [6.07, 6.45) is 3.54. The minimum absolute atomic E-state index is 0.115. The van der Waals surface area contributed by atoms with Crippen LogP contribution in [-0.4, -0.2) is 42.6 Å². The Kier molecular flexibility index (Phi) is 6.66. The molecule has 3 N–H and O–H groups in total. The first kappa shape index (κ1) is 11.4. The van der Waals surface area contributed by atoms with Gasteiger partial charge >= 0.3 is 0 Å². The first-order valence-corrected chi connectivity index (χ1v) is 4.11. The second-order valence-corrected chi connectivity index (χ2v) is 2.60. The summed E-state index contributed by atoms with van der Waals surface area (Å²) in [4.78, 5) is 1.09. The van der Waals surface area contributed by atoms with Gasteiger partial charge in [-0.2, -0.15) is 0 Å². The summed E-state index contributed by atoms with van der Waals surface area (Å²) in [7, 11) is 0. The Balaban J connectivity index is 4.03. The highest BCUT2D eigenvalue weighted by Crippen LogP contribution is 1.78. The monoisotopic (exact) mass is 172 g/mol. The summed E-state index contributed by atoms with van der Waals surface area (Å²) in [5.41, 5.74) is 0. The van der Waals surface area contributed by atoms with Crippen molar-refractivity contribution in [3.05, 3.63) is 25.3 Å². The van der Waals surface area contributed by atoms with Crippen molar-refractivity contribution in [2.45, 2.75) is 6.04 Å². The van der Waals surface area contributed by atoms with Crippen LogP contribution >= 0.6 is 0 Å². The van der Waals surface area contributed by atoms with E-state index in [1.165, 1.54) is 0 Å². The van der Waals surface area contributed by atoms with Crippen LogP contribution in [0.3, 0.4) is 0 Å². The third-order valence-corrected chi connectivity index (χ3v) is 1.85. The Morgan fingerprint density at radius 2 is 1.50 bits per heavy atom. The summed E-state index contributed by atoms with van der Waals surface area (Å²) in [5, 5.41) is 17.5. The summed E-state index contributed by atoms with van der Waals surface area (Å²) >= 11 is 0. The van der Waals surface area contributed by atoms with Crippen LogP contribution in [0.2, 0.25) is 0 Å². The van der Waals surface area contributed by atoms with E-state index in [-0.39, 0.29) is 19.3 Å². The average molecular weight is 172 g/mol. The largest absolute Gasteiger partial charge is 0.391 e. The zero-order chi connectivity index (χ0) is 9.40. The lowest BCUT2D eigenvalue weighted by molar-refractivity contribution is -0.912. The number of nitrogens with one attached hydrogen (secondary N) is 1. The van der Waals surface area contributed by atoms with Gasteiger partial charge in [0.25, 0.3) is 0 Å². The summed E-state index contributed by atoms with van der Waals surface area (Å²) in [6.45, 7) is 8.79. The van der Waals surface area contributed by atoms with Crippen LogP contribution < -0.4 is 4.90 Å². The topological polar surface area (TPSA) is 44.9 Å². The molecule has 0 bridgehead atoms. The molecule has 0 atom stereocenters. The van der Waals surface area contributed by atoms with Gasteiger partial charge in [-0.25, -0.2) is 0 Å². The fourth-order valence-electron chi connectivity index (χ4n) is 1.18. The highest BCUT2D eigenvalue weighted by atomic mass is 16.3. The molecule has 0 unspecified atom stereocenters. The van der Waals surface area contributed by atoms with E-state index in [0.717, 1.165) is 4.90 Å². The maximum absolute atomic E-state index is 8.73. The molecule has 0 aliphatic rings. The quantitative estimate of drug-likeness (QED) is 0.413. The van der Waals surface area contributed by atoms with Crippen LogP contribution in [0.1, 0.15) is 0 Å². The van der Waals surface area contributed by atoms with E-state index in [1.807, 2.05) is 0 Å². The van der Waals surface area contributed by atoms with E-state index in [9.17, 15) is 0 Å². The lowest BCUT2D eigenvalue weighted by Crippen LogP contribution is -3.16. The fraction of sp³-hybridized carbons (Fsp3) is 0.556. The molecule has 0 spiro atoms. The third kappa shape index (κ3) is 3.67. The van der Waals surface area contributed by atoms with Crippen molar-refractivity contribution in [2.24, 2.45) is 0 Å². The van der Waals surface area contributed by atoms with Crippen LogP contribution in [0, 0.1) is 0 Å². The Morgan fingerprint density at radius 3 is 1.75 bits per heavy atom. The third-order valence-electron chi connectivity index (χ3n) is 1.85. The normalized spacial score (nSPS) is 10.7. The summed E-state index contributed by atoms with van der Waals surface area (Å²) in [6, 6.07) is 0.115. The minimum Gasteiger partial charge on any atom is -0.391 e. The molecule has 3 nitrogen and oxygen atoms in total. The minimum atomic E-state index is 0.115. The molecule has 0 saturated heterocycles. The van der Waals surface area contributed by atoms with Crippen LogP contribution in [-0.2, 0) is 0 Å². The van der Waals surface area contributed by atoms with E-state index < -0.39 is 0 Å². The average Bonchev–Trinajstić information content (AvgIpc) is 2.07. The highest BCUT2D eigenvalue weighted by Gasteiger charge is 2.13. The number of hydrogen-bond donors (Lipinski definition) is 3. The van der Waals surface area contributed by atoms with Gasteiger partial charge in [-0.15, -0.1) is 0 Å². The van der Waals surface area contributed by atoms with Crippen molar-refractivity contribution < 1.29 is 15.1 Å². The Bertz CT molecular complexity index is 122. The second kappa shape index (κ2) is 7.03. The Morgan fingerprint density at radius 1 is 1.08 bits per heavy atom. The Labute approximate surface area is 73.6 Å². The van der Waals surface area contributed by atoms with Crippen LogP contribution in [0.15, 0.2) is 25.3 Å². The predicted molar refractivity (Wildman–Crippen MR) is 49.1 cm³/mol. The molecule has 0 amide bonds. The van der Waals surface area contributed by atoms with Gasteiger partial charge in [-0.3, -0.25) is 0 Å². The molecular weight excluding hydrogens is 154 g/mol. The van der Waals surface area contributed by atoms with Crippen LogP contribution in [0.5, 0.6) is 0 Å². The maximum Gasteiger partial charge on any atom is 0.124 e. The molecule has 0 fully saturated rings. The van der Waals surface area contributed by atoms with Gasteiger partial charge in [-0.05, 0) is 12.2 Å². The molecule has 12 heavy (non-hydrogen) atoms. The van der Waals surface area contributed by atoms with Crippen molar-refractivity contribution in [1.82, 2.24) is 0 Å². The van der Waals surface area contributed by atoms with Crippen molar-refractivity contribution in [1.29, 1.82) is 0 Å². The molecule has 0 aliphatic heterocycles. The van der Waals surface area contributed by atoms with Gasteiger partial charge in [0.15, 0.2) is 0 Å². The maximum atomic E-state index is 8.73. The van der Waals surface area contributed by atoms with Crippen molar-refractivity contribution in [2.75, 3.05) is 26.3 Å². The molecule has 3 heteroatoms. The molecule has 0 rings (SSSR count). The number of rotatable bonds is 7. The first-order valence-electron chi connectivity index (χ1n) is 4.11.